The van der Waals surface area contributed by atoms with Crippen LogP contribution in [0.1, 0.15) is 47.6 Å². The zero-order valence-corrected chi connectivity index (χ0v) is 15.9. The van der Waals surface area contributed by atoms with Crippen LogP contribution >= 0.6 is 0 Å². The SMILES string of the molecule is COc1cccc(CN(Cc2nc(C(=O)N3CCCC3)co2)CC2CC2)c1. The molecule has 6 heteroatoms. The van der Waals surface area contributed by atoms with Crippen LogP contribution < -0.4 is 4.74 Å². The number of nitrogens with zero attached hydrogens (tertiary/aromatic N) is 3. The van der Waals surface area contributed by atoms with E-state index < -0.39 is 0 Å². The van der Waals surface area contributed by atoms with Gasteiger partial charge in [-0.2, -0.15) is 0 Å². The standard InChI is InChI=1S/C21H27N3O3/c1-26-18-6-4-5-17(11-18)13-23(12-16-7-8-16)14-20-22-19(15-27-20)21(25)24-9-2-3-10-24/h4-6,11,15-16H,2-3,7-10,12-14H2,1H3. The second-order valence-corrected chi connectivity index (χ2v) is 7.59. The van der Waals surface area contributed by atoms with Gasteiger partial charge in [-0.25, -0.2) is 4.98 Å². The summed E-state index contributed by atoms with van der Waals surface area (Å²) in [7, 11) is 1.69. The van der Waals surface area contributed by atoms with Crippen LogP contribution in [0.25, 0.3) is 0 Å². The third kappa shape index (κ3) is 4.69. The first-order valence-electron chi connectivity index (χ1n) is 9.80. The summed E-state index contributed by atoms with van der Waals surface area (Å²) in [6.07, 6.45) is 6.24. The van der Waals surface area contributed by atoms with E-state index in [1.165, 1.54) is 24.7 Å². The first-order chi connectivity index (χ1) is 13.2. The van der Waals surface area contributed by atoms with E-state index in [4.69, 9.17) is 9.15 Å². The Hall–Kier alpha value is -2.34. The highest BCUT2D eigenvalue weighted by atomic mass is 16.5. The van der Waals surface area contributed by atoms with E-state index in [1.807, 2.05) is 17.0 Å². The van der Waals surface area contributed by atoms with Gasteiger partial charge >= 0.3 is 0 Å². The van der Waals surface area contributed by atoms with Gasteiger partial charge in [-0.05, 0) is 49.3 Å². The highest BCUT2D eigenvalue weighted by molar-refractivity contribution is 5.92. The summed E-state index contributed by atoms with van der Waals surface area (Å²) in [6.45, 7) is 4.09. The number of methoxy groups -OCH3 is 1. The number of benzene rings is 1. The van der Waals surface area contributed by atoms with Crippen LogP contribution in [0.2, 0.25) is 0 Å². The minimum Gasteiger partial charge on any atom is -0.497 e. The Labute approximate surface area is 160 Å². The highest BCUT2D eigenvalue weighted by Gasteiger charge is 2.26. The van der Waals surface area contributed by atoms with Crippen molar-refractivity contribution in [2.45, 2.75) is 38.8 Å². The van der Waals surface area contributed by atoms with Crippen LogP contribution in [0.3, 0.4) is 0 Å². The molecule has 1 saturated heterocycles. The zero-order chi connectivity index (χ0) is 18.6. The fourth-order valence-electron chi connectivity index (χ4n) is 3.63. The molecule has 1 aliphatic carbocycles. The molecule has 2 heterocycles. The van der Waals surface area contributed by atoms with Crippen molar-refractivity contribution in [3.63, 3.8) is 0 Å². The molecule has 27 heavy (non-hydrogen) atoms. The maximum atomic E-state index is 12.5. The average Bonchev–Trinajstić information content (AvgIpc) is 3.13. The van der Waals surface area contributed by atoms with E-state index in [9.17, 15) is 4.79 Å². The molecule has 4 rings (SSSR count). The summed E-state index contributed by atoms with van der Waals surface area (Å²) in [4.78, 5) is 21.2. The molecular formula is C21H27N3O3. The molecule has 0 atom stereocenters. The van der Waals surface area contributed by atoms with Crippen molar-refractivity contribution in [3.05, 3.63) is 47.7 Å². The summed E-state index contributed by atoms with van der Waals surface area (Å²) >= 11 is 0. The van der Waals surface area contributed by atoms with Crippen molar-refractivity contribution in [1.82, 2.24) is 14.8 Å². The van der Waals surface area contributed by atoms with E-state index in [-0.39, 0.29) is 5.91 Å². The molecule has 2 fully saturated rings. The Bertz CT molecular complexity index is 778. The minimum absolute atomic E-state index is 0.0101. The summed E-state index contributed by atoms with van der Waals surface area (Å²) in [5.41, 5.74) is 1.63. The van der Waals surface area contributed by atoms with E-state index in [1.54, 1.807) is 7.11 Å². The lowest BCUT2D eigenvalue weighted by Crippen LogP contribution is -2.28. The molecule has 2 aromatic rings. The Kier molecular flexibility index (Phi) is 5.43. The monoisotopic (exact) mass is 369 g/mol. The van der Waals surface area contributed by atoms with Crippen LogP contribution in [0.4, 0.5) is 0 Å². The number of likely N-dealkylation sites (tertiary alicyclic amines) is 1. The van der Waals surface area contributed by atoms with Crippen molar-refractivity contribution < 1.29 is 13.9 Å². The first kappa shape index (κ1) is 18.0. The lowest BCUT2D eigenvalue weighted by Gasteiger charge is -2.21. The quantitative estimate of drug-likeness (QED) is 0.714. The maximum absolute atomic E-state index is 12.5. The van der Waals surface area contributed by atoms with Gasteiger partial charge in [0.25, 0.3) is 5.91 Å². The molecule has 1 aromatic carbocycles. The number of rotatable bonds is 8. The van der Waals surface area contributed by atoms with Crippen LogP contribution in [0.15, 0.2) is 34.9 Å². The Morgan fingerprint density at radius 3 is 2.85 bits per heavy atom. The second kappa shape index (κ2) is 8.13. The summed E-state index contributed by atoms with van der Waals surface area (Å²) < 4.78 is 11.0. The molecule has 2 aliphatic rings. The van der Waals surface area contributed by atoms with Crippen molar-refractivity contribution in [2.24, 2.45) is 5.92 Å². The molecule has 1 aliphatic heterocycles. The summed E-state index contributed by atoms with van der Waals surface area (Å²) in [5.74, 6) is 2.23. The molecule has 0 spiro atoms. The van der Waals surface area contributed by atoms with Gasteiger partial charge in [-0.1, -0.05) is 12.1 Å². The highest BCUT2D eigenvalue weighted by Crippen LogP contribution is 2.31. The van der Waals surface area contributed by atoms with Crippen molar-refractivity contribution >= 4 is 5.91 Å². The zero-order valence-electron chi connectivity index (χ0n) is 15.9. The topological polar surface area (TPSA) is 58.8 Å². The fraction of sp³-hybridized carbons (Fsp3) is 0.524. The Morgan fingerprint density at radius 1 is 1.30 bits per heavy atom. The van der Waals surface area contributed by atoms with Crippen molar-refractivity contribution in [2.75, 3.05) is 26.7 Å². The van der Waals surface area contributed by atoms with Gasteiger partial charge in [0.2, 0.25) is 5.89 Å². The summed E-state index contributed by atoms with van der Waals surface area (Å²) in [5, 5.41) is 0. The second-order valence-electron chi connectivity index (χ2n) is 7.59. The number of carbonyl (C=O) groups is 1. The van der Waals surface area contributed by atoms with Gasteiger partial charge in [0, 0.05) is 26.2 Å². The molecular weight excluding hydrogens is 342 g/mol. The first-order valence-corrected chi connectivity index (χ1v) is 9.80. The molecule has 0 N–H and O–H groups in total. The van der Waals surface area contributed by atoms with Crippen LogP contribution in [-0.2, 0) is 13.1 Å². The van der Waals surface area contributed by atoms with Gasteiger partial charge in [-0.3, -0.25) is 9.69 Å². The predicted molar refractivity (Wildman–Crippen MR) is 101 cm³/mol. The molecule has 144 valence electrons. The lowest BCUT2D eigenvalue weighted by atomic mass is 10.2. The number of ether oxygens (including phenoxy) is 1. The molecule has 1 aromatic heterocycles. The number of oxazole rings is 1. The molecule has 1 saturated carbocycles. The normalized spacial score (nSPS) is 16.9. The molecule has 6 nitrogen and oxygen atoms in total. The Balaban J connectivity index is 1.42. The van der Waals surface area contributed by atoms with Crippen molar-refractivity contribution in [3.8, 4) is 5.75 Å². The van der Waals surface area contributed by atoms with Gasteiger partial charge in [0.05, 0.1) is 13.7 Å². The number of amides is 1. The lowest BCUT2D eigenvalue weighted by molar-refractivity contribution is 0.0787. The van der Waals surface area contributed by atoms with Gasteiger partial charge in [0.1, 0.15) is 12.0 Å². The van der Waals surface area contributed by atoms with Crippen LogP contribution in [-0.4, -0.2) is 47.4 Å². The number of hydrogen-bond donors (Lipinski definition) is 0. The number of hydrogen-bond acceptors (Lipinski definition) is 5. The van der Waals surface area contributed by atoms with Crippen LogP contribution in [0, 0.1) is 5.92 Å². The number of carbonyl (C=O) groups excluding carboxylic acids is 1. The summed E-state index contributed by atoms with van der Waals surface area (Å²) in [6, 6.07) is 8.15. The third-order valence-electron chi connectivity index (χ3n) is 5.28. The van der Waals surface area contributed by atoms with E-state index in [2.05, 4.69) is 22.0 Å². The fourth-order valence-corrected chi connectivity index (χ4v) is 3.63. The smallest absolute Gasteiger partial charge is 0.275 e. The third-order valence-corrected chi connectivity index (χ3v) is 5.28. The van der Waals surface area contributed by atoms with Gasteiger partial charge in [-0.15, -0.1) is 0 Å². The largest absolute Gasteiger partial charge is 0.497 e. The van der Waals surface area contributed by atoms with E-state index in [0.29, 0.717) is 18.1 Å². The maximum Gasteiger partial charge on any atom is 0.275 e. The molecule has 0 radical (unpaired) electrons. The molecule has 1 amide bonds. The molecule has 0 unspecified atom stereocenters. The van der Waals surface area contributed by atoms with Gasteiger partial charge in [0.15, 0.2) is 5.69 Å². The van der Waals surface area contributed by atoms with E-state index >= 15 is 0 Å². The Morgan fingerprint density at radius 2 is 2.11 bits per heavy atom. The van der Waals surface area contributed by atoms with Gasteiger partial charge < -0.3 is 14.1 Å². The van der Waals surface area contributed by atoms with Crippen molar-refractivity contribution in [1.29, 1.82) is 0 Å². The average molecular weight is 369 g/mol. The van der Waals surface area contributed by atoms with Crippen LogP contribution in [0.5, 0.6) is 5.75 Å². The minimum atomic E-state index is -0.0101. The predicted octanol–water partition coefficient (Wildman–Crippen LogP) is 3.33. The van der Waals surface area contributed by atoms with E-state index in [0.717, 1.165) is 50.7 Å². The number of aromatic nitrogens is 1. The molecule has 0 bridgehead atoms.